The highest BCUT2D eigenvalue weighted by molar-refractivity contribution is 6.30. The van der Waals surface area contributed by atoms with Crippen molar-refractivity contribution in [2.24, 2.45) is 5.10 Å². The van der Waals surface area contributed by atoms with E-state index < -0.39 is 0 Å². The predicted molar refractivity (Wildman–Crippen MR) is 134 cm³/mol. The maximum absolute atomic E-state index is 13.4. The lowest BCUT2D eigenvalue weighted by atomic mass is 9.91. The van der Waals surface area contributed by atoms with Gasteiger partial charge in [0.25, 0.3) is 5.56 Å². The zero-order valence-electron chi connectivity index (χ0n) is 18.7. The number of aromatic nitrogens is 1. The van der Waals surface area contributed by atoms with Gasteiger partial charge in [-0.3, -0.25) is 9.59 Å². The van der Waals surface area contributed by atoms with Crippen LogP contribution in [0.15, 0.2) is 82.7 Å². The molecule has 1 aromatic heterocycles. The number of nitrogens with one attached hydrogen (secondary N) is 1. The molecule has 1 N–H and O–H groups in total. The topological polar surface area (TPSA) is 74.8 Å². The molecule has 0 fully saturated rings. The Labute approximate surface area is 201 Å². The number of hydrogen-bond acceptors (Lipinski definition) is 4. The highest BCUT2D eigenvalue weighted by Gasteiger charge is 2.34. The molecule has 1 aliphatic rings. The summed E-state index contributed by atoms with van der Waals surface area (Å²) in [4.78, 5) is 28.9. The van der Waals surface area contributed by atoms with Gasteiger partial charge in [0, 0.05) is 34.8 Å². The van der Waals surface area contributed by atoms with Gasteiger partial charge in [-0.15, -0.1) is 0 Å². The Balaban J connectivity index is 1.71. The number of benzene rings is 3. The summed E-state index contributed by atoms with van der Waals surface area (Å²) in [7, 11) is 1.60. The van der Waals surface area contributed by atoms with Gasteiger partial charge in [0.15, 0.2) is 0 Å². The van der Waals surface area contributed by atoms with Crippen molar-refractivity contribution < 1.29 is 9.53 Å². The molecule has 34 heavy (non-hydrogen) atoms. The van der Waals surface area contributed by atoms with Crippen LogP contribution in [0.4, 0.5) is 0 Å². The van der Waals surface area contributed by atoms with Crippen LogP contribution in [0.2, 0.25) is 5.02 Å². The number of fused-ring (bicyclic) bond motifs is 1. The van der Waals surface area contributed by atoms with E-state index in [1.165, 1.54) is 11.9 Å². The van der Waals surface area contributed by atoms with Gasteiger partial charge in [0.1, 0.15) is 5.75 Å². The first-order valence-corrected chi connectivity index (χ1v) is 11.3. The third-order valence-electron chi connectivity index (χ3n) is 6.05. The third-order valence-corrected chi connectivity index (χ3v) is 6.31. The number of hydrogen-bond donors (Lipinski definition) is 1. The van der Waals surface area contributed by atoms with E-state index in [4.69, 9.17) is 16.3 Å². The minimum absolute atomic E-state index is 0.201. The van der Waals surface area contributed by atoms with E-state index >= 15 is 0 Å². The summed E-state index contributed by atoms with van der Waals surface area (Å²) in [5, 5.41) is 7.60. The maximum atomic E-state index is 13.4. The van der Waals surface area contributed by atoms with Crippen LogP contribution in [0.3, 0.4) is 0 Å². The SMILES string of the molecule is COc1cccc([C@@H]2CC(c3c(-c4ccc(Cl)cc4)c4ccccc4[nH]c3=O)=NN2C(C)=O)c1. The Morgan fingerprint density at radius 2 is 1.82 bits per heavy atom. The Hall–Kier alpha value is -3.90. The quantitative estimate of drug-likeness (QED) is 0.423. The molecule has 0 aliphatic carbocycles. The van der Waals surface area contributed by atoms with Crippen molar-refractivity contribution in [3.63, 3.8) is 0 Å². The minimum atomic E-state index is -0.341. The molecule has 1 atom stereocenters. The molecule has 170 valence electrons. The van der Waals surface area contributed by atoms with Crippen LogP contribution in [-0.2, 0) is 4.79 Å². The van der Waals surface area contributed by atoms with Crippen molar-refractivity contribution in [3.05, 3.63) is 99.3 Å². The van der Waals surface area contributed by atoms with Crippen molar-refractivity contribution in [3.8, 4) is 16.9 Å². The summed E-state index contributed by atoms with van der Waals surface area (Å²) in [5.74, 6) is 0.493. The Morgan fingerprint density at radius 3 is 2.56 bits per heavy atom. The van der Waals surface area contributed by atoms with Gasteiger partial charge in [-0.05, 0) is 41.5 Å². The number of carbonyl (C=O) groups is 1. The summed E-state index contributed by atoms with van der Waals surface area (Å²) in [6.07, 6.45) is 0.398. The number of carbonyl (C=O) groups excluding carboxylic acids is 1. The van der Waals surface area contributed by atoms with Crippen molar-refractivity contribution in [2.45, 2.75) is 19.4 Å². The fraction of sp³-hybridized carbons (Fsp3) is 0.148. The molecule has 6 nitrogen and oxygen atoms in total. The molecule has 0 unspecified atom stereocenters. The molecular formula is C27H22ClN3O3. The second-order valence-corrected chi connectivity index (χ2v) is 8.60. The van der Waals surface area contributed by atoms with Crippen LogP contribution < -0.4 is 10.3 Å². The van der Waals surface area contributed by atoms with Gasteiger partial charge >= 0.3 is 0 Å². The summed E-state index contributed by atoms with van der Waals surface area (Å²) in [6, 6.07) is 22.3. The highest BCUT2D eigenvalue weighted by atomic mass is 35.5. The van der Waals surface area contributed by atoms with Crippen LogP contribution in [0.1, 0.15) is 30.5 Å². The minimum Gasteiger partial charge on any atom is -0.497 e. The molecule has 0 bridgehead atoms. The average molecular weight is 472 g/mol. The monoisotopic (exact) mass is 471 g/mol. The highest BCUT2D eigenvalue weighted by Crippen LogP contribution is 2.37. The largest absolute Gasteiger partial charge is 0.497 e. The molecule has 0 spiro atoms. The second-order valence-electron chi connectivity index (χ2n) is 8.16. The smallest absolute Gasteiger partial charge is 0.258 e. The molecule has 0 saturated heterocycles. The molecule has 3 aromatic carbocycles. The number of nitrogens with zero attached hydrogens (tertiary/aromatic N) is 2. The number of methoxy groups -OCH3 is 1. The van der Waals surface area contributed by atoms with Crippen LogP contribution in [0, 0.1) is 0 Å². The lowest BCUT2D eigenvalue weighted by Crippen LogP contribution is -2.24. The molecule has 0 saturated carbocycles. The number of amides is 1. The molecule has 0 radical (unpaired) electrons. The number of ether oxygens (including phenoxy) is 1. The van der Waals surface area contributed by atoms with Gasteiger partial charge in [0.05, 0.1) is 24.4 Å². The van der Waals surface area contributed by atoms with Crippen LogP contribution in [-0.4, -0.2) is 28.7 Å². The lowest BCUT2D eigenvalue weighted by Gasteiger charge is -2.20. The summed E-state index contributed by atoms with van der Waals surface area (Å²) in [5.41, 5.74) is 3.99. The summed E-state index contributed by atoms with van der Waals surface area (Å²) in [6.45, 7) is 1.48. The molecule has 2 heterocycles. The number of H-pyrrole nitrogens is 1. The van der Waals surface area contributed by atoms with Crippen molar-refractivity contribution in [1.29, 1.82) is 0 Å². The van der Waals surface area contributed by atoms with E-state index in [0.717, 1.165) is 27.6 Å². The Bertz CT molecular complexity index is 1490. The van der Waals surface area contributed by atoms with Crippen LogP contribution >= 0.6 is 11.6 Å². The molecule has 5 rings (SSSR count). The number of halogens is 1. The Kier molecular flexibility index (Phi) is 5.67. The van der Waals surface area contributed by atoms with Crippen molar-refractivity contribution in [2.75, 3.05) is 7.11 Å². The van der Waals surface area contributed by atoms with E-state index in [-0.39, 0.29) is 17.5 Å². The molecule has 1 aliphatic heterocycles. The van der Waals surface area contributed by atoms with Gasteiger partial charge in [0.2, 0.25) is 5.91 Å². The Morgan fingerprint density at radius 1 is 1.06 bits per heavy atom. The van der Waals surface area contributed by atoms with Crippen LogP contribution in [0.5, 0.6) is 5.75 Å². The van der Waals surface area contributed by atoms with E-state index in [1.807, 2.05) is 60.7 Å². The fourth-order valence-electron chi connectivity index (χ4n) is 4.49. The second kappa shape index (κ2) is 8.80. The number of aromatic amines is 1. The first-order chi connectivity index (χ1) is 16.5. The molecular weight excluding hydrogens is 450 g/mol. The molecule has 1 amide bonds. The first-order valence-electron chi connectivity index (χ1n) is 10.9. The third kappa shape index (κ3) is 3.86. The normalized spacial score (nSPS) is 15.4. The number of rotatable bonds is 4. The zero-order valence-corrected chi connectivity index (χ0v) is 19.5. The maximum Gasteiger partial charge on any atom is 0.258 e. The molecule has 4 aromatic rings. The number of hydrazone groups is 1. The van der Waals surface area contributed by atoms with Gasteiger partial charge in [-0.1, -0.05) is 54.1 Å². The van der Waals surface area contributed by atoms with Gasteiger partial charge in [-0.25, -0.2) is 5.01 Å². The average Bonchev–Trinajstić information content (AvgIpc) is 3.29. The number of para-hydroxylation sites is 1. The standard InChI is InChI=1S/C27H22ClN3O3/c1-16(32)31-24(18-6-5-7-20(14-18)34-2)15-23(30-31)26-25(17-10-12-19(28)13-11-17)21-8-3-4-9-22(21)29-27(26)33/h3-14,24H,15H2,1-2H3,(H,29,33)/t24-/m0/s1. The van der Waals surface area contributed by atoms with Gasteiger partial charge < -0.3 is 9.72 Å². The van der Waals surface area contributed by atoms with E-state index in [1.54, 1.807) is 19.2 Å². The van der Waals surface area contributed by atoms with E-state index in [0.29, 0.717) is 28.5 Å². The number of pyridine rings is 1. The molecule has 7 heteroatoms. The van der Waals surface area contributed by atoms with Crippen molar-refractivity contribution in [1.82, 2.24) is 9.99 Å². The lowest BCUT2D eigenvalue weighted by molar-refractivity contribution is -0.130. The predicted octanol–water partition coefficient (Wildman–Crippen LogP) is 5.55. The summed E-state index contributed by atoms with van der Waals surface area (Å²) >= 11 is 6.14. The van der Waals surface area contributed by atoms with Crippen molar-refractivity contribution >= 4 is 34.1 Å². The van der Waals surface area contributed by atoms with E-state index in [9.17, 15) is 9.59 Å². The van der Waals surface area contributed by atoms with Gasteiger partial charge in [-0.2, -0.15) is 5.10 Å². The van der Waals surface area contributed by atoms with Crippen LogP contribution in [0.25, 0.3) is 22.0 Å². The zero-order chi connectivity index (χ0) is 23.8. The first kappa shape index (κ1) is 21.9. The van der Waals surface area contributed by atoms with E-state index in [2.05, 4.69) is 10.1 Å². The summed E-state index contributed by atoms with van der Waals surface area (Å²) < 4.78 is 5.37. The fourth-order valence-corrected chi connectivity index (χ4v) is 4.62.